The molecule has 0 spiro atoms. The highest BCUT2D eigenvalue weighted by Crippen LogP contribution is 2.22. The smallest absolute Gasteiger partial charge is 0.295 e. The number of anilines is 1. The monoisotopic (exact) mass is 471 g/mol. The molecule has 8 heteroatoms. The van der Waals surface area contributed by atoms with Crippen LogP contribution in [0.2, 0.25) is 0 Å². The molecule has 3 heterocycles. The van der Waals surface area contributed by atoms with Crippen LogP contribution in [0, 0.1) is 11.7 Å². The lowest BCUT2D eigenvalue weighted by atomic mass is 9.96. The molecule has 0 aliphatic carbocycles. The number of rotatable bonds is 6. The summed E-state index contributed by atoms with van der Waals surface area (Å²) in [7, 11) is 0. The van der Waals surface area contributed by atoms with Gasteiger partial charge >= 0.3 is 0 Å². The minimum absolute atomic E-state index is 0.0499. The van der Waals surface area contributed by atoms with Crippen molar-refractivity contribution in [3.05, 3.63) is 100 Å². The van der Waals surface area contributed by atoms with E-state index < -0.39 is 0 Å². The van der Waals surface area contributed by atoms with E-state index in [0.29, 0.717) is 56.0 Å². The van der Waals surface area contributed by atoms with Crippen LogP contribution in [0.15, 0.2) is 77.7 Å². The number of carbonyl (C=O) groups is 1. The molecule has 4 aromatic rings. The van der Waals surface area contributed by atoms with Crippen LogP contribution in [-0.4, -0.2) is 33.5 Å². The van der Waals surface area contributed by atoms with E-state index in [4.69, 9.17) is 0 Å². The Bertz CT molecular complexity index is 1400. The third-order valence-corrected chi connectivity index (χ3v) is 6.39. The zero-order chi connectivity index (χ0) is 24.2. The van der Waals surface area contributed by atoms with Crippen molar-refractivity contribution in [1.82, 2.24) is 19.9 Å². The van der Waals surface area contributed by atoms with Crippen LogP contribution in [0.3, 0.4) is 0 Å². The Morgan fingerprint density at radius 1 is 1.00 bits per heavy atom. The zero-order valence-corrected chi connectivity index (χ0v) is 19.2. The number of carbonyl (C=O) groups excluding carboxylic acids is 1. The van der Waals surface area contributed by atoms with Gasteiger partial charge in [-0.1, -0.05) is 42.5 Å². The molecule has 0 atom stereocenters. The van der Waals surface area contributed by atoms with Gasteiger partial charge in [0.25, 0.3) is 5.56 Å². The van der Waals surface area contributed by atoms with Crippen LogP contribution in [-0.2, 0) is 17.9 Å². The summed E-state index contributed by atoms with van der Waals surface area (Å²) >= 11 is 0. The second-order valence-electron chi connectivity index (χ2n) is 8.77. The Morgan fingerprint density at radius 3 is 2.54 bits per heavy atom. The molecule has 178 valence electrons. The molecule has 2 aromatic heterocycles. The van der Waals surface area contributed by atoms with Crippen molar-refractivity contribution >= 4 is 22.9 Å². The maximum absolute atomic E-state index is 13.5. The average molecular weight is 472 g/mol. The molecule has 1 amide bonds. The molecule has 2 aromatic carbocycles. The number of aromatic nitrogens is 3. The summed E-state index contributed by atoms with van der Waals surface area (Å²) in [5.74, 6) is -0.138. The molecule has 35 heavy (non-hydrogen) atoms. The molecule has 0 bridgehead atoms. The highest BCUT2D eigenvalue weighted by atomic mass is 19.1. The second kappa shape index (κ2) is 10.0. The summed E-state index contributed by atoms with van der Waals surface area (Å²) < 4.78 is 15.0. The maximum atomic E-state index is 13.5. The van der Waals surface area contributed by atoms with Crippen molar-refractivity contribution in [2.45, 2.75) is 25.9 Å². The molecule has 7 nitrogen and oxygen atoms in total. The molecular formula is C27H26FN5O2. The second-order valence-corrected chi connectivity index (χ2v) is 8.77. The van der Waals surface area contributed by atoms with E-state index >= 15 is 0 Å². The molecule has 1 N–H and O–H groups in total. The van der Waals surface area contributed by atoms with E-state index in [1.165, 1.54) is 12.1 Å². The number of nitrogens with one attached hydrogen (secondary N) is 1. The first kappa shape index (κ1) is 22.7. The van der Waals surface area contributed by atoms with Crippen molar-refractivity contribution in [1.29, 1.82) is 0 Å². The van der Waals surface area contributed by atoms with E-state index in [-0.39, 0.29) is 23.2 Å². The van der Waals surface area contributed by atoms with Crippen molar-refractivity contribution in [3.8, 4) is 0 Å². The molecule has 0 saturated carbocycles. The third kappa shape index (κ3) is 5.06. The van der Waals surface area contributed by atoms with Gasteiger partial charge in [-0.05, 0) is 48.2 Å². The lowest BCUT2D eigenvalue weighted by Crippen LogP contribution is -2.43. The normalized spacial score (nSPS) is 14.3. The number of fused-ring (bicyclic) bond motifs is 1. The number of benzene rings is 2. The van der Waals surface area contributed by atoms with Gasteiger partial charge in [0.15, 0.2) is 11.5 Å². The summed E-state index contributed by atoms with van der Waals surface area (Å²) in [6.45, 7) is 1.80. The van der Waals surface area contributed by atoms with Gasteiger partial charge in [-0.3, -0.25) is 14.2 Å². The van der Waals surface area contributed by atoms with Crippen molar-refractivity contribution in [2.75, 3.05) is 18.0 Å². The van der Waals surface area contributed by atoms with E-state index in [9.17, 15) is 14.0 Å². The minimum atomic E-state index is -0.318. The topological polar surface area (TPSA) is 80.1 Å². The van der Waals surface area contributed by atoms with Crippen molar-refractivity contribution in [2.24, 2.45) is 5.92 Å². The van der Waals surface area contributed by atoms with Crippen LogP contribution >= 0.6 is 0 Å². The van der Waals surface area contributed by atoms with Crippen LogP contribution in [0.1, 0.15) is 24.0 Å². The van der Waals surface area contributed by atoms with E-state index in [0.717, 1.165) is 11.1 Å². The highest BCUT2D eigenvalue weighted by Gasteiger charge is 2.27. The number of piperidine rings is 1. The van der Waals surface area contributed by atoms with Crippen LogP contribution < -0.4 is 15.8 Å². The van der Waals surface area contributed by atoms with Gasteiger partial charge < -0.3 is 10.2 Å². The Balaban J connectivity index is 1.31. The molecule has 0 radical (unpaired) electrons. The summed E-state index contributed by atoms with van der Waals surface area (Å²) in [4.78, 5) is 37.2. The lowest BCUT2D eigenvalue weighted by Gasteiger charge is -2.32. The number of amides is 1. The van der Waals surface area contributed by atoms with Crippen LogP contribution in [0.5, 0.6) is 0 Å². The van der Waals surface area contributed by atoms with E-state index in [1.807, 2.05) is 47.4 Å². The van der Waals surface area contributed by atoms with Gasteiger partial charge in [-0.2, -0.15) is 0 Å². The molecule has 0 unspecified atom stereocenters. The molecule has 1 saturated heterocycles. The summed E-state index contributed by atoms with van der Waals surface area (Å²) in [6.07, 6.45) is 2.89. The maximum Gasteiger partial charge on any atom is 0.295 e. The number of hydrogen-bond acceptors (Lipinski definition) is 5. The zero-order valence-electron chi connectivity index (χ0n) is 19.2. The fourth-order valence-corrected chi connectivity index (χ4v) is 4.52. The Hall–Kier alpha value is -4.07. The molecule has 1 aliphatic heterocycles. The van der Waals surface area contributed by atoms with Crippen molar-refractivity contribution < 1.29 is 9.18 Å². The predicted molar refractivity (Wildman–Crippen MR) is 133 cm³/mol. The first-order chi connectivity index (χ1) is 17.1. The fraction of sp³-hybridized carbons (Fsp3) is 0.259. The number of nitrogens with zero attached hydrogens (tertiary/aromatic N) is 4. The number of pyridine rings is 1. The average Bonchev–Trinajstić information content (AvgIpc) is 2.89. The van der Waals surface area contributed by atoms with E-state index in [2.05, 4.69) is 15.3 Å². The van der Waals surface area contributed by atoms with Gasteiger partial charge in [0.05, 0.1) is 6.54 Å². The summed E-state index contributed by atoms with van der Waals surface area (Å²) in [6, 6.07) is 19.7. The van der Waals surface area contributed by atoms with Gasteiger partial charge in [-0.15, -0.1) is 0 Å². The lowest BCUT2D eigenvalue weighted by molar-refractivity contribution is -0.125. The van der Waals surface area contributed by atoms with E-state index in [1.54, 1.807) is 22.9 Å². The first-order valence-corrected chi connectivity index (χ1v) is 11.7. The SMILES string of the molecule is O=C(NCc1cccc(F)c1)C1CCN(c2nc3cccnc3n(Cc3ccccc3)c2=O)CC1. The van der Waals surface area contributed by atoms with Crippen molar-refractivity contribution in [3.63, 3.8) is 0 Å². The van der Waals surface area contributed by atoms with Gasteiger partial charge in [-0.25, -0.2) is 14.4 Å². The molecule has 5 rings (SSSR count). The summed E-state index contributed by atoms with van der Waals surface area (Å²) in [5.41, 5.74) is 2.76. The summed E-state index contributed by atoms with van der Waals surface area (Å²) in [5, 5.41) is 2.91. The molecular weight excluding hydrogens is 445 g/mol. The Kier molecular flexibility index (Phi) is 6.52. The Labute approximate surface area is 202 Å². The highest BCUT2D eigenvalue weighted by molar-refractivity contribution is 5.79. The predicted octanol–water partition coefficient (Wildman–Crippen LogP) is 3.51. The largest absolute Gasteiger partial charge is 0.352 e. The van der Waals surface area contributed by atoms with Crippen LogP contribution in [0.4, 0.5) is 10.2 Å². The van der Waals surface area contributed by atoms with Gasteiger partial charge in [0, 0.05) is 31.7 Å². The minimum Gasteiger partial charge on any atom is -0.352 e. The quantitative estimate of drug-likeness (QED) is 0.466. The number of hydrogen-bond donors (Lipinski definition) is 1. The fourth-order valence-electron chi connectivity index (χ4n) is 4.52. The first-order valence-electron chi connectivity index (χ1n) is 11.7. The Morgan fingerprint density at radius 2 is 1.77 bits per heavy atom. The molecule has 1 fully saturated rings. The molecule has 1 aliphatic rings. The van der Waals surface area contributed by atoms with Crippen LogP contribution in [0.25, 0.3) is 11.2 Å². The third-order valence-electron chi connectivity index (χ3n) is 6.39. The van der Waals surface area contributed by atoms with Gasteiger partial charge in [0.1, 0.15) is 11.3 Å². The number of halogens is 1. The standard InChI is InChI=1S/C27H26FN5O2/c28-22-9-4-8-20(16-22)17-30-26(34)21-11-14-32(15-12-21)25-27(35)33(18-19-6-2-1-3-7-19)24-23(31-25)10-5-13-29-24/h1-10,13,16,21H,11-12,14-15,17-18H2,(H,30,34). The van der Waals surface area contributed by atoms with Gasteiger partial charge in [0.2, 0.25) is 5.91 Å².